The molecule has 2 unspecified atom stereocenters. The van der Waals surface area contributed by atoms with Gasteiger partial charge >= 0.3 is 0 Å². The molecule has 0 aromatic carbocycles. The molecule has 1 aromatic rings. The van der Waals surface area contributed by atoms with E-state index in [0.717, 1.165) is 12.0 Å². The van der Waals surface area contributed by atoms with E-state index >= 15 is 0 Å². The summed E-state index contributed by atoms with van der Waals surface area (Å²) in [5.41, 5.74) is 0.805. The summed E-state index contributed by atoms with van der Waals surface area (Å²) < 4.78 is 2.11. The van der Waals surface area contributed by atoms with Crippen molar-refractivity contribution in [2.75, 3.05) is 5.75 Å². The Kier molecular flexibility index (Phi) is 2.44. The Hall–Kier alpha value is -0.700. The molecule has 0 radical (unpaired) electrons. The maximum absolute atomic E-state index is 10.7. The second-order valence-electron chi connectivity index (χ2n) is 3.39. The van der Waals surface area contributed by atoms with Crippen molar-refractivity contribution in [3.05, 3.63) is 24.0 Å². The van der Waals surface area contributed by atoms with E-state index in [-0.39, 0.29) is 0 Å². The molecule has 2 atom stereocenters. The number of carbonyl (C=O) groups excluding carboxylic acids is 1. The van der Waals surface area contributed by atoms with E-state index in [1.165, 1.54) is 12.2 Å². The summed E-state index contributed by atoms with van der Waals surface area (Å²) in [6.07, 6.45) is 4.13. The monoisotopic (exact) mass is 195 g/mol. The number of aldehydes is 1. The minimum atomic E-state index is 0.514. The fourth-order valence-corrected chi connectivity index (χ4v) is 3.13. The lowest BCUT2D eigenvalue weighted by Crippen LogP contribution is -2.15. The average molecular weight is 195 g/mol. The van der Waals surface area contributed by atoms with Crippen molar-refractivity contribution < 1.29 is 4.79 Å². The fraction of sp³-hybridized carbons (Fsp3) is 0.500. The second kappa shape index (κ2) is 3.58. The zero-order valence-corrected chi connectivity index (χ0v) is 8.46. The molecule has 1 aromatic heterocycles. The lowest BCUT2D eigenvalue weighted by atomic mass is 10.1. The predicted octanol–water partition coefficient (Wildman–Crippen LogP) is 2.37. The van der Waals surface area contributed by atoms with Crippen LogP contribution in [-0.4, -0.2) is 21.9 Å². The van der Waals surface area contributed by atoms with Crippen LogP contribution in [0.1, 0.15) is 29.9 Å². The highest BCUT2D eigenvalue weighted by molar-refractivity contribution is 8.00. The molecule has 1 fully saturated rings. The van der Waals surface area contributed by atoms with Crippen LogP contribution in [0, 0.1) is 0 Å². The first-order valence-corrected chi connectivity index (χ1v) is 5.61. The Morgan fingerprint density at radius 2 is 2.54 bits per heavy atom. The topological polar surface area (TPSA) is 22.0 Å². The second-order valence-corrected chi connectivity index (χ2v) is 4.88. The van der Waals surface area contributed by atoms with Crippen molar-refractivity contribution in [3.63, 3.8) is 0 Å². The van der Waals surface area contributed by atoms with Crippen molar-refractivity contribution in [1.29, 1.82) is 0 Å². The molecule has 1 saturated heterocycles. The first kappa shape index (κ1) is 8.88. The first-order chi connectivity index (χ1) is 6.33. The molecular weight excluding hydrogens is 182 g/mol. The molecule has 0 aliphatic carbocycles. The van der Waals surface area contributed by atoms with Gasteiger partial charge in [-0.05, 0) is 24.3 Å². The van der Waals surface area contributed by atoms with Gasteiger partial charge in [-0.15, -0.1) is 0 Å². The predicted molar refractivity (Wildman–Crippen MR) is 55.4 cm³/mol. The van der Waals surface area contributed by atoms with Crippen molar-refractivity contribution >= 4 is 18.0 Å². The standard InChI is InChI=1S/C10H13NOS/c1-8-10(4-6-13-8)11-5-2-3-9(11)7-12/h2-3,5,7-8,10H,4,6H2,1H3. The van der Waals surface area contributed by atoms with Crippen LogP contribution in [0.2, 0.25) is 0 Å². The van der Waals surface area contributed by atoms with Crippen LogP contribution >= 0.6 is 11.8 Å². The third-order valence-electron chi connectivity index (χ3n) is 2.63. The molecule has 0 spiro atoms. The highest BCUT2D eigenvalue weighted by Crippen LogP contribution is 2.36. The Morgan fingerprint density at radius 1 is 1.69 bits per heavy atom. The summed E-state index contributed by atoms with van der Waals surface area (Å²) in [5, 5.41) is 0.631. The smallest absolute Gasteiger partial charge is 0.166 e. The third-order valence-corrected chi connectivity index (χ3v) is 3.94. The molecule has 2 heterocycles. The Morgan fingerprint density at radius 3 is 3.15 bits per heavy atom. The molecule has 0 N–H and O–H groups in total. The number of carbonyl (C=O) groups is 1. The zero-order chi connectivity index (χ0) is 9.26. The highest BCUT2D eigenvalue weighted by Gasteiger charge is 2.26. The molecule has 1 aliphatic rings. The van der Waals surface area contributed by atoms with Crippen LogP contribution in [0.5, 0.6) is 0 Å². The molecule has 0 amide bonds. The number of aromatic nitrogens is 1. The van der Waals surface area contributed by atoms with Gasteiger partial charge in [-0.1, -0.05) is 6.92 Å². The number of hydrogen-bond acceptors (Lipinski definition) is 2. The van der Waals surface area contributed by atoms with Gasteiger partial charge in [0.15, 0.2) is 6.29 Å². The van der Waals surface area contributed by atoms with Crippen LogP contribution in [0.3, 0.4) is 0 Å². The molecule has 2 rings (SSSR count). The van der Waals surface area contributed by atoms with Crippen LogP contribution in [0.15, 0.2) is 18.3 Å². The average Bonchev–Trinajstić information content (AvgIpc) is 2.71. The van der Waals surface area contributed by atoms with E-state index in [0.29, 0.717) is 11.3 Å². The van der Waals surface area contributed by atoms with Crippen LogP contribution in [-0.2, 0) is 0 Å². The summed E-state index contributed by atoms with van der Waals surface area (Å²) in [4.78, 5) is 10.7. The largest absolute Gasteiger partial charge is 0.341 e. The van der Waals surface area contributed by atoms with Crippen LogP contribution < -0.4 is 0 Å². The van der Waals surface area contributed by atoms with E-state index in [1.807, 2.05) is 30.1 Å². The third kappa shape index (κ3) is 1.53. The molecule has 1 aliphatic heterocycles. The molecule has 3 heteroatoms. The lowest BCUT2D eigenvalue weighted by Gasteiger charge is -2.17. The first-order valence-electron chi connectivity index (χ1n) is 4.56. The Balaban J connectivity index is 2.28. The SMILES string of the molecule is CC1SCCC1n1cccc1C=O. The highest BCUT2D eigenvalue weighted by atomic mass is 32.2. The van der Waals surface area contributed by atoms with E-state index in [9.17, 15) is 4.79 Å². The van der Waals surface area contributed by atoms with Gasteiger partial charge in [0.25, 0.3) is 0 Å². The molecule has 13 heavy (non-hydrogen) atoms. The molecule has 0 saturated carbocycles. The van der Waals surface area contributed by atoms with Crippen molar-refractivity contribution in [2.45, 2.75) is 24.6 Å². The summed E-state index contributed by atoms with van der Waals surface area (Å²) in [6.45, 7) is 2.23. The van der Waals surface area contributed by atoms with Gasteiger partial charge < -0.3 is 4.57 Å². The maximum Gasteiger partial charge on any atom is 0.166 e. The number of hydrogen-bond donors (Lipinski definition) is 0. The molecule has 70 valence electrons. The Labute approximate surface area is 82.3 Å². The van der Waals surface area contributed by atoms with Gasteiger partial charge in [0.05, 0.1) is 5.69 Å². The van der Waals surface area contributed by atoms with Crippen molar-refractivity contribution in [2.24, 2.45) is 0 Å². The van der Waals surface area contributed by atoms with Gasteiger partial charge in [-0.2, -0.15) is 11.8 Å². The van der Waals surface area contributed by atoms with Gasteiger partial charge in [0.1, 0.15) is 0 Å². The van der Waals surface area contributed by atoms with E-state index in [2.05, 4.69) is 11.5 Å². The molecule has 2 nitrogen and oxygen atoms in total. The van der Waals surface area contributed by atoms with Gasteiger partial charge in [-0.3, -0.25) is 4.79 Å². The summed E-state index contributed by atoms with van der Waals surface area (Å²) in [7, 11) is 0. The summed E-state index contributed by atoms with van der Waals surface area (Å²) in [6, 6.07) is 4.34. The number of rotatable bonds is 2. The van der Waals surface area contributed by atoms with E-state index < -0.39 is 0 Å². The van der Waals surface area contributed by atoms with E-state index in [1.54, 1.807) is 0 Å². The summed E-state index contributed by atoms with van der Waals surface area (Å²) in [5.74, 6) is 1.21. The summed E-state index contributed by atoms with van der Waals surface area (Å²) >= 11 is 1.99. The van der Waals surface area contributed by atoms with Crippen molar-refractivity contribution in [3.8, 4) is 0 Å². The Bertz CT molecular complexity index is 308. The number of thioether (sulfide) groups is 1. The van der Waals surface area contributed by atoms with E-state index in [4.69, 9.17) is 0 Å². The van der Waals surface area contributed by atoms with Crippen molar-refractivity contribution in [1.82, 2.24) is 4.57 Å². The van der Waals surface area contributed by atoms with Gasteiger partial charge in [-0.25, -0.2) is 0 Å². The fourth-order valence-electron chi connectivity index (χ4n) is 1.89. The van der Waals surface area contributed by atoms with Gasteiger partial charge in [0.2, 0.25) is 0 Å². The van der Waals surface area contributed by atoms with Gasteiger partial charge in [0, 0.05) is 17.5 Å². The van der Waals surface area contributed by atoms with Crippen LogP contribution in [0.25, 0.3) is 0 Å². The number of nitrogens with zero attached hydrogens (tertiary/aromatic N) is 1. The maximum atomic E-state index is 10.7. The molecule has 0 bridgehead atoms. The quantitative estimate of drug-likeness (QED) is 0.676. The minimum Gasteiger partial charge on any atom is -0.341 e. The van der Waals surface area contributed by atoms with Crippen LogP contribution in [0.4, 0.5) is 0 Å². The zero-order valence-electron chi connectivity index (χ0n) is 7.64. The normalized spacial score (nSPS) is 27.8. The molecular formula is C10H13NOS. The minimum absolute atomic E-state index is 0.514. The lowest BCUT2D eigenvalue weighted by molar-refractivity contribution is 0.111.